The molecule has 1 amide bonds. The molecule has 37 heavy (non-hydrogen) atoms. The highest BCUT2D eigenvalue weighted by Gasteiger charge is 2.37. The van der Waals surface area contributed by atoms with Crippen LogP contribution < -0.4 is 9.64 Å². The van der Waals surface area contributed by atoms with Crippen molar-refractivity contribution in [3.8, 4) is 5.75 Å². The standard InChI is InChI=1S/C25H25ClN4O4S3/c1-16-7-8-19(34-2)22-23(16)36-25(28-22)30(14-17-5-3-11-27-13-17)24(31)18-6-4-12-29(15-18)37(32,33)21-10-9-20(26)35-21/h3,5,7-11,13,18H,4,6,12,14-15H2,1-2H3. The van der Waals surface area contributed by atoms with Crippen molar-refractivity contribution in [3.63, 3.8) is 0 Å². The average molecular weight is 577 g/mol. The van der Waals surface area contributed by atoms with Gasteiger partial charge in [0.05, 0.1) is 28.6 Å². The van der Waals surface area contributed by atoms with Crippen molar-refractivity contribution in [3.05, 3.63) is 64.3 Å². The van der Waals surface area contributed by atoms with Crippen molar-refractivity contribution in [2.24, 2.45) is 5.92 Å². The number of methoxy groups -OCH3 is 1. The number of carbonyl (C=O) groups is 1. The largest absolute Gasteiger partial charge is 0.494 e. The number of thiophene rings is 1. The summed E-state index contributed by atoms with van der Waals surface area (Å²) in [5.74, 6) is -0.0318. The Labute approximate surface area is 228 Å². The van der Waals surface area contributed by atoms with Gasteiger partial charge in [-0.1, -0.05) is 35.1 Å². The maximum Gasteiger partial charge on any atom is 0.252 e. The number of hydrogen-bond donors (Lipinski definition) is 0. The second kappa shape index (κ2) is 10.7. The Hall–Kier alpha value is -2.57. The molecule has 0 radical (unpaired) electrons. The summed E-state index contributed by atoms with van der Waals surface area (Å²) in [4.78, 5) is 24.7. The third kappa shape index (κ3) is 5.23. The summed E-state index contributed by atoms with van der Waals surface area (Å²) in [5, 5.41) is 0.543. The molecule has 0 spiro atoms. The van der Waals surface area contributed by atoms with Gasteiger partial charge in [-0.2, -0.15) is 4.31 Å². The molecule has 1 aliphatic heterocycles. The van der Waals surface area contributed by atoms with Gasteiger partial charge in [-0.05, 0) is 55.2 Å². The monoisotopic (exact) mass is 576 g/mol. The number of benzene rings is 1. The van der Waals surface area contributed by atoms with E-state index in [1.54, 1.807) is 30.5 Å². The Morgan fingerprint density at radius 2 is 2.08 bits per heavy atom. The van der Waals surface area contributed by atoms with Gasteiger partial charge in [-0.25, -0.2) is 13.4 Å². The van der Waals surface area contributed by atoms with E-state index in [9.17, 15) is 13.2 Å². The van der Waals surface area contributed by atoms with E-state index in [2.05, 4.69) is 4.98 Å². The number of halogens is 1. The van der Waals surface area contributed by atoms with Gasteiger partial charge in [-0.15, -0.1) is 11.3 Å². The zero-order valence-corrected chi connectivity index (χ0v) is 23.5. The van der Waals surface area contributed by atoms with Gasteiger partial charge >= 0.3 is 0 Å². The van der Waals surface area contributed by atoms with E-state index in [4.69, 9.17) is 21.3 Å². The van der Waals surface area contributed by atoms with Gasteiger partial charge in [0.25, 0.3) is 10.0 Å². The van der Waals surface area contributed by atoms with Crippen LogP contribution in [0.15, 0.2) is 53.0 Å². The first-order valence-corrected chi connectivity index (χ1v) is 15.1. The fourth-order valence-electron chi connectivity index (χ4n) is 4.44. The lowest BCUT2D eigenvalue weighted by Gasteiger charge is -2.33. The molecule has 1 atom stereocenters. The Balaban J connectivity index is 1.49. The molecule has 0 saturated carbocycles. The number of amides is 1. The number of thiazole rings is 1. The van der Waals surface area contributed by atoms with Crippen LogP contribution in [0.4, 0.5) is 5.13 Å². The quantitative estimate of drug-likeness (QED) is 0.294. The van der Waals surface area contributed by atoms with Gasteiger partial charge in [0.15, 0.2) is 5.13 Å². The zero-order valence-electron chi connectivity index (χ0n) is 20.3. The summed E-state index contributed by atoms with van der Waals surface area (Å²) in [6, 6.07) is 10.7. The number of sulfonamides is 1. The molecule has 4 aromatic rings. The molecule has 3 aromatic heterocycles. The molecule has 0 N–H and O–H groups in total. The highest BCUT2D eigenvalue weighted by molar-refractivity contribution is 7.91. The van der Waals surface area contributed by atoms with Crippen molar-refractivity contribution < 1.29 is 17.9 Å². The smallest absolute Gasteiger partial charge is 0.252 e. The van der Waals surface area contributed by atoms with Crippen LogP contribution in [0.1, 0.15) is 24.0 Å². The minimum Gasteiger partial charge on any atom is -0.494 e. The summed E-state index contributed by atoms with van der Waals surface area (Å²) in [6.07, 6.45) is 4.58. The molecular weight excluding hydrogens is 552 g/mol. The summed E-state index contributed by atoms with van der Waals surface area (Å²) in [6.45, 7) is 2.74. The third-order valence-electron chi connectivity index (χ3n) is 6.35. The number of rotatable bonds is 7. The third-order valence-corrected chi connectivity index (χ3v) is 11.1. The highest BCUT2D eigenvalue weighted by Crippen LogP contribution is 2.38. The molecule has 1 saturated heterocycles. The zero-order chi connectivity index (χ0) is 26.2. The van der Waals surface area contributed by atoms with Crippen molar-refractivity contribution in [1.82, 2.24) is 14.3 Å². The number of piperidine rings is 1. The number of ether oxygens (including phenoxy) is 1. The van der Waals surface area contributed by atoms with Gasteiger partial charge < -0.3 is 4.74 Å². The molecule has 4 heterocycles. The first kappa shape index (κ1) is 26.1. The second-order valence-corrected chi connectivity index (χ2v) is 13.7. The summed E-state index contributed by atoms with van der Waals surface area (Å²) in [7, 11) is -2.14. The van der Waals surface area contributed by atoms with Crippen LogP contribution in [0.2, 0.25) is 4.34 Å². The van der Waals surface area contributed by atoms with Crippen LogP contribution in [0, 0.1) is 12.8 Å². The Morgan fingerprint density at radius 3 is 2.78 bits per heavy atom. The molecule has 12 heteroatoms. The maximum absolute atomic E-state index is 14.0. The number of fused-ring (bicyclic) bond motifs is 1. The molecule has 5 rings (SSSR count). The lowest BCUT2D eigenvalue weighted by atomic mass is 9.98. The molecule has 194 valence electrons. The molecular formula is C25H25ClN4O4S3. The van der Waals surface area contributed by atoms with Gasteiger partial charge in [0.1, 0.15) is 15.5 Å². The maximum atomic E-state index is 14.0. The van der Waals surface area contributed by atoms with Crippen molar-refractivity contribution >= 4 is 65.6 Å². The summed E-state index contributed by atoms with van der Waals surface area (Å²) < 4.78 is 34.9. The number of aryl methyl sites for hydroxylation is 1. The number of carbonyl (C=O) groups excluding carboxylic acids is 1. The van der Waals surface area contributed by atoms with E-state index in [1.165, 1.54) is 21.7 Å². The number of anilines is 1. The van der Waals surface area contributed by atoms with Crippen molar-refractivity contribution in [2.45, 2.75) is 30.5 Å². The average Bonchev–Trinajstić information content (AvgIpc) is 3.56. The van der Waals surface area contributed by atoms with Crippen molar-refractivity contribution in [1.29, 1.82) is 0 Å². The van der Waals surface area contributed by atoms with E-state index in [0.717, 1.165) is 27.2 Å². The first-order chi connectivity index (χ1) is 17.8. The minimum absolute atomic E-state index is 0.105. The second-order valence-electron chi connectivity index (χ2n) is 8.81. The van der Waals surface area contributed by atoms with E-state index >= 15 is 0 Å². The molecule has 8 nitrogen and oxygen atoms in total. The molecule has 1 aromatic carbocycles. The molecule has 0 bridgehead atoms. The molecule has 0 aliphatic carbocycles. The van der Waals surface area contributed by atoms with E-state index in [-0.39, 0.29) is 23.2 Å². The number of aromatic nitrogens is 2. The number of pyridine rings is 1. The fourth-order valence-corrected chi connectivity index (χ4v) is 8.66. The van der Waals surface area contributed by atoms with Gasteiger partial charge in [0.2, 0.25) is 5.91 Å². The topological polar surface area (TPSA) is 92.7 Å². The molecule has 1 aliphatic rings. The fraction of sp³-hybridized carbons (Fsp3) is 0.320. The van der Waals surface area contributed by atoms with Gasteiger partial charge in [-0.3, -0.25) is 14.7 Å². The highest BCUT2D eigenvalue weighted by atomic mass is 35.5. The predicted octanol–water partition coefficient (Wildman–Crippen LogP) is 5.36. The van der Waals surface area contributed by atoms with E-state index < -0.39 is 15.9 Å². The van der Waals surface area contributed by atoms with Crippen molar-refractivity contribution in [2.75, 3.05) is 25.1 Å². The van der Waals surface area contributed by atoms with E-state index in [0.29, 0.717) is 40.1 Å². The normalized spacial score (nSPS) is 16.7. The van der Waals surface area contributed by atoms with Crippen LogP contribution in [0.3, 0.4) is 0 Å². The Kier molecular flexibility index (Phi) is 7.51. The predicted molar refractivity (Wildman–Crippen MR) is 147 cm³/mol. The SMILES string of the molecule is COc1ccc(C)c2sc(N(Cc3cccnc3)C(=O)C3CCCN(S(=O)(=O)c4ccc(Cl)s4)C3)nc12. The lowest BCUT2D eigenvalue weighted by molar-refractivity contribution is -0.123. The van der Waals surface area contributed by atoms with E-state index in [1.807, 2.05) is 31.2 Å². The van der Waals surface area contributed by atoms with Gasteiger partial charge in [0, 0.05) is 25.5 Å². The summed E-state index contributed by atoms with van der Waals surface area (Å²) >= 11 is 8.44. The summed E-state index contributed by atoms with van der Waals surface area (Å²) in [5.41, 5.74) is 2.60. The van der Waals surface area contributed by atoms with Crippen LogP contribution in [-0.2, 0) is 21.4 Å². The van der Waals surface area contributed by atoms with Crippen LogP contribution >= 0.6 is 34.3 Å². The minimum atomic E-state index is -3.73. The van der Waals surface area contributed by atoms with Crippen LogP contribution in [0.5, 0.6) is 5.75 Å². The van der Waals surface area contributed by atoms with Crippen LogP contribution in [0.25, 0.3) is 10.2 Å². The molecule has 1 fully saturated rings. The number of hydrogen-bond acceptors (Lipinski definition) is 8. The first-order valence-electron chi connectivity index (χ1n) is 11.7. The Bertz CT molecular complexity index is 1540. The number of nitrogens with zero attached hydrogens (tertiary/aromatic N) is 4. The molecule has 1 unspecified atom stereocenters. The lowest BCUT2D eigenvalue weighted by Crippen LogP contribution is -2.46. The Morgan fingerprint density at radius 1 is 1.24 bits per heavy atom. The van der Waals surface area contributed by atoms with Crippen LogP contribution in [-0.4, -0.2) is 48.8 Å².